The number of hydrogen-bond acceptors (Lipinski definition) is 4. The first-order valence-corrected chi connectivity index (χ1v) is 10.2. The van der Waals surface area contributed by atoms with Gasteiger partial charge in [-0.25, -0.2) is 0 Å². The van der Waals surface area contributed by atoms with Crippen LogP contribution in [0.3, 0.4) is 0 Å². The Bertz CT molecular complexity index is 817. The van der Waals surface area contributed by atoms with Crippen LogP contribution in [0, 0.1) is 0 Å². The quantitative estimate of drug-likeness (QED) is 0.698. The molecule has 1 heterocycles. The van der Waals surface area contributed by atoms with E-state index in [4.69, 9.17) is 17.0 Å². The van der Waals surface area contributed by atoms with Crippen molar-refractivity contribution in [2.75, 3.05) is 23.3 Å². The summed E-state index contributed by atoms with van der Waals surface area (Å²) >= 11 is 5.36. The summed E-state index contributed by atoms with van der Waals surface area (Å²) in [6.45, 7) is 6.18. The zero-order chi connectivity index (χ0) is 19.9. The number of carbonyl (C=O) groups is 1. The minimum Gasteiger partial charge on any atom is -0.491 e. The third kappa shape index (κ3) is 5.23. The van der Waals surface area contributed by atoms with Crippen molar-refractivity contribution in [3.8, 4) is 5.75 Å². The van der Waals surface area contributed by atoms with Gasteiger partial charge in [-0.05, 0) is 74.8 Å². The van der Waals surface area contributed by atoms with E-state index < -0.39 is 0 Å². The third-order valence-electron chi connectivity index (χ3n) is 4.85. The Labute approximate surface area is 172 Å². The molecule has 0 saturated carbocycles. The van der Waals surface area contributed by atoms with E-state index in [1.165, 1.54) is 12.8 Å². The fourth-order valence-electron chi connectivity index (χ4n) is 3.14. The monoisotopic (exact) mass is 397 g/mol. The number of hydrogen-bond donors (Lipinski definition) is 2. The number of rotatable bonds is 6. The number of anilines is 2. The number of thiocarbonyl (C=S) groups is 1. The maximum atomic E-state index is 12.5. The lowest BCUT2D eigenvalue weighted by Crippen LogP contribution is -2.34. The van der Waals surface area contributed by atoms with Gasteiger partial charge in [0.15, 0.2) is 5.11 Å². The summed E-state index contributed by atoms with van der Waals surface area (Å²) in [5, 5.41) is 6.21. The molecule has 0 spiro atoms. The van der Waals surface area contributed by atoms with Crippen molar-refractivity contribution in [3.05, 3.63) is 54.1 Å². The van der Waals surface area contributed by atoms with Gasteiger partial charge in [-0.15, -0.1) is 0 Å². The first-order valence-electron chi connectivity index (χ1n) is 9.80. The molecule has 0 aromatic heterocycles. The average molecular weight is 398 g/mol. The molecule has 1 amide bonds. The highest BCUT2D eigenvalue weighted by Gasteiger charge is 2.16. The van der Waals surface area contributed by atoms with Gasteiger partial charge in [0, 0.05) is 18.7 Å². The smallest absolute Gasteiger partial charge is 0.257 e. The number of amides is 1. The van der Waals surface area contributed by atoms with Gasteiger partial charge in [0.05, 0.1) is 17.5 Å². The number of nitrogens with zero attached hydrogens (tertiary/aromatic N) is 1. The largest absolute Gasteiger partial charge is 0.491 e. The summed E-state index contributed by atoms with van der Waals surface area (Å²) in [6.07, 6.45) is 3.48. The van der Waals surface area contributed by atoms with Gasteiger partial charge in [-0.1, -0.05) is 19.1 Å². The van der Waals surface area contributed by atoms with Crippen LogP contribution in [0.4, 0.5) is 11.4 Å². The number of benzene rings is 2. The number of para-hydroxylation sites is 2. The average Bonchev–Trinajstić information content (AvgIpc) is 3.23. The Balaban J connectivity index is 1.60. The zero-order valence-electron chi connectivity index (χ0n) is 16.4. The van der Waals surface area contributed by atoms with Crippen LogP contribution in [0.2, 0.25) is 0 Å². The van der Waals surface area contributed by atoms with Gasteiger partial charge >= 0.3 is 0 Å². The highest BCUT2D eigenvalue weighted by atomic mass is 32.1. The molecule has 1 fully saturated rings. The Hall–Kier alpha value is -2.60. The molecule has 3 rings (SSSR count). The second-order valence-corrected chi connectivity index (χ2v) is 7.39. The van der Waals surface area contributed by atoms with Gasteiger partial charge in [0.2, 0.25) is 0 Å². The third-order valence-corrected chi connectivity index (χ3v) is 5.06. The second-order valence-electron chi connectivity index (χ2n) is 6.98. The Kier molecular flexibility index (Phi) is 6.87. The van der Waals surface area contributed by atoms with Crippen LogP contribution in [0.25, 0.3) is 0 Å². The van der Waals surface area contributed by atoms with Crippen molar-refractivity contribution in [2.24, 2.45) is 0 Å². The van der Waals surface area contributed by atoms with Crippen LogP contribution in [0.1, 0.15) is 43.5 Å². The fraction of sp³-hybridized carbons (Fsp3) is 0.364. The molecule has 1 aliphatic rings. The van der Waals surface area contributed by atoms with Crippen molar-refractivity contribution in [1.29, 1.82) is 0 Å². The Morgan fingerprint density at radius 1 is 1.14 bits per heavy atom. The van der Waals surface area contributed by atoms with Crippen LogP contribution in [0.5, 0.6) is 5.75 Å². The molecule has 6 heteroatoms. The minimum absolute atomic E-state index is 0.145. The van der Waals surface area contributed by atoms with Gasteiger partial charge in [-0.2, -0.15) is 0 Å². The molecule has 5 nitrogen and oxygen atoms in total. The van der Waals surface area contributed by atoms with E-state index in [0.29, 0.717) is 5.56 Å². The SMILES string of the molecule is CCC(C)Oc1ccc(C(=O)NC(=S)Nc2ccccc2N2CCCC2)cc1. The molecular formula is C22H27N3O2S. The predicted molar refractivity (Wildman–Crippen MR) is 118 cm³/mol. The number of nitrogens with one attached hydrogen (secondary N) is 2. The van der Waals surface area contributed by atoms with Crippen LogP contribution in [0.15, 0.2) is 48.5 Å². The van der Waals surface area contributed by atoms with E-state index in [2.05, 4.69) is 28.5 Å². The van der Waals surface area contributed by atoms with Crippen LogP contribution in [-0.2, 0) is 0 Å². The van der Waals surface area contributed by atoms with Gasteiger partial charge in [-0.3, -0.25) is 10.1 Å². The van der Waals surface area contributed by atoms with Crippen molar-refractivity contribution in [2.45, 2.75) is 39.2 Å². The lowest BCUT2D eigenvalue weighted by Gasteiger charge is -2.22. The molecule has 1 aliphatic heterocycles. The summed E-state index contributed by atoms with van der Waals surface area (Å²) in [6, 6.07) is 15.1. The first-order chi connectivity index (χ1) is 13.6. The summed E-state index contributed by atoms with van der Waals surface area (Å²) in [4.78, 5) is 14.8. The molecule has 1 saturated heterocycles. The lowest BCUT2D eigenvalue weighted by atomic mass is 10.2. The molecule has 1 atom stereocenters. The van der Waals surface area contributed by atoms with Crippen LogP contribution in [-0.4, -0.2) is 30.2 Å². The normalized spacial score (nSPS) is 14.4. The van der Waals surface area contributed by atoms with Crippen molar-refractivity contribution in [1.82, 2.24) is 5.32 Å². The van der Waals surface area contributed by atoms with Crippen molar-refractivity contribution >= 4 is 34.6 Å². The molecule has 2 aromatic carbocycles. The lowest BCUT2D eigenvalue weighted by molar-refractivity contribution is 0.0977. The van der Waals surface area contributed by atoms with E-state index in [0.717, 1.165) is 36.6 Å². The maximum absolute atomic E-state index is 12.5. The summed E-state index contributed by atoms with van der Waals surface area (Å²) < 4.78 is 5.75. The van der Waals surface area contributed by atoms with E-state index in [1.807, 2.05) is 25.1 Å². The van der Waals surface area contributed by atoms with E-state index in [1.54, 1.807) is 24.3 Å². The van der Waals surface area contributed by atoms with Crippen molar-refractivity contribution in [3.63, 3.8) is 0 Å². The van der Waals surface area contributed by atoms with Gasteiger partial charge < -0.3 is 15.0 Å². The molecular weight excluding hydrogens is 370 g/mol. The first kappa shape index (κ1) is 20.1. The Morgan fingerprint density at radius 3 is 2.50 bits per heavy atom. The van der Waals surface area contributed by atoms with Crippen molar-refractivity contribution < 1.29 is 9.53 Å². The maximum Gasteiger partial charge on any atom is 0.257 e. The molecule has 0 radical (unpaired) electrons. The number of carbonyl (C=O) groups excluding carboxylic acids is 1. The zero-order valence-corrected chi connectivity index (χ0v) is 17.2. The standard InChI is InChI=1S/C22H27N3O2S/c1-3-16(2)27-18-12-10-17(11-13-18)21(26)24-22(28)23-19-8-4-5-9-20(19)25-14-6-7-15-25/h4-5,8-13,16H,3,6-7,14-15H2,1-2H3,(H2,23,24,26,28). The highest BCUT2D eigenvalue weighted by molar-refractivity contribution is 7.80. The predicted octanol–water partition coefficient (Wildman–Crippen LogP) is 4.59. The second kappa shape index (κ2) is 9.55. The molecule has 1 unspecified atom stereocenters. The van der Waals surface area contributed by atoms with E-state index in [9.17, 15) is 4.79 Å². The minimum atomic E-state index is -0.244. The summed E-state index contributed by atoms with van der Waals surface area (Å²) in [7, 11) is 0. The summed E-state index contributed by atoms with van der Waals surface area (Å²) in [5.41, 5.74) is 2.56. The summed E-state index contributed by atoms with van der Waals surface area (Å²) in [5.74, 6) is 0.511. The topological polar surface area (TPSA) is 53.6 Å². The molecule has 0 bridgehead atoms. The molecule has 2 aromatic rings. The molecule has 0 aliphatic carbocycles. The Morgan fingerprint density at radius 2 is 1.82 bits per heavy atom. The van der Waals surface area contributed by atoms with Crippen LogP contribution < -0.4 is 20.3 Å². The van der Waals surface area contributed by atoms with E-state index in [-0.39, 0.29) is 17.1 Å². The van der Waals surface area contributed by atoms with Gasteiger partial charge in [0.25, 0.3) is 5.91 Å². The van der Waals surface area contributed by atoms with Gasteiger partial charge in [0.1, 0.15) is 5.75 Å². The molecule has 2 N–H and O–H groups in total. The van der Waals surface area contributed by atoms with E-state index >= 15 is 0 Å². The van der Waals surface area contributed by atoms with Crippen LogP contribution >= 0.6 is 12.2 Å². The number of ether oxygens (including phenoxy) is 1. The molecule has 28 heavy (non-hydrogen) atoms. The fourth-order valence-corrected chi connectivity index (χ4v) is 3.35. The molecule has 148 valence electrons. The highest BCUT2D eigenvalue weighted by Crippen LogP contribution is 2.28.